The Kier molecular flexibility index (Phi) is 4.94. The molecule has 0 aliphatic heterocycles. The summed E-state index contributed by atoms with van der Waals surface area (Å²) >= 11 is 0. The van der Waals surface area contributed by atoms with Crippen LogP contribution in [-0.4, -0.2) is 17.7 Å². The van der Waals surface area contributed by atoms with Gasteiger partial charge in [-0.1, -0.05) is 55.2 Å². The second-order valence-corrected chi connectivity index (χ2v) is 6.90. The molecule has 1 aromatic rings. The van der Waals surface area contributed by atoms with E-state index < -0.39 is 0 Å². The maximum absolute atomic E-state index is 12.9. The molecule has 0 bridgehead atoms. The van der Waals surface area contributed by atoms with E-state index in [1.807, 2.05) is 37.3 Å². The van der Waals surface area contributed by atoms with Gasteiger partial charge in [0.1, 0.15) is 0 Å². The van der Waals surface area contributed by atoms with E-state index >= 15 is 0 Å². The maximum atomic E-state index is 12.9. The first-order valence-corrected chi connectivity index (χ1v) is 8.71. The van der Waals surface area contributed by atoms with Crippen LogP contribution in [0.3, 0.4) is 0 Å². The zero-order valence-corrected chi connectivity index (χ0v) is 13.8. The zero-order chi connectivity index (χ0) is 16.2. The van der Waals surface area contributed by atoms with E-state index in [9.17, 15) is 9.59 Å². The minimum absolute atomic E-state index is 0.0442. The molecule has 0 saturated heterocycles. The molecule has 1 aromatic carbocycles. The Bertz CT molecular complexity index is 599. The Labute approximate surface area is 138 Å². The predicted molar refractivity (Wildman–Crippen MR) is 91.1 cm³/mol. The molecule has 2 unspecified atom stereocenters. The highest BCUT2D eigenvalue weighted by Crippen LogP contribution is 2.37. The van der Waals surface area contributed by atoms with Gasteiger partial charge in [0.15, 0.2) is 5.78 Å². The third-order valence-corrected chi connectivity index (χ3v) is 5.16. The molecule has 23 heavy (non-hydrogen) atoms. The molecule has 1 saturated carbocycles. The van der Waals surface area contributed by atoms with E-state index in [0.29, 0.717) is 12.5 Å². The van der Waals surface area contributed by atoms with Crippen LogP contribution in [0.5, 0.6) is 0 Å². The lowest BCUT2D eigenvalue weighted by atomic mass is 9.74. The summed E-state index contributed by atoms with van der Waals surface area (Å²) in [5.74, 6) is -0.0561. The molecule has 3 nitrogen and oxygen atoms in total. The molecular weight excluding hydrogens is 286 g/mol. The fourth-order valence-corrected chi connectivity index (χ4v) is 3.99. The number of carbonyl (C=O) groups excluding carboxylic acids is 2. The van der Waals surface area contributed by atoms with Gasteiger partial charge in [0.2, 0.25) is 5.91 Å². The third kappa shape index (κ3) is 3.72. The topological polar surface area (TPSA) is 46.2 Å². The molecule has 2 atom stereocenters. The van der Waals surface area contributed by atoms with E-state index in [1.165, 1.54) is 19.3 Å². The number of carbonyl (C=O) groups is 2. The van der Waals surface area contributed by atoms with Gasteiger partial charge >= 0.3 is 0 Å². The molecular formula is C20H25NO2. The standard InChI is InChI=1S/C20H25NO2/c1-14-12-17(22)13-18(15-8-4-2-5-9-15)19(14)20(23)21-16-10-6-3-7-11-16/h2,4-5,8-9,12,16,18-19H,3,6-7,10-11,13H2,1H3,(H,21,23). The van der Waals surface area contributed by atoms with Gasteiger partial charge in [-0.25, -0.2) is 0 Å². The van der Waals surface area contributed by atoms with Crippen molar-refractivity contribution in [3.8, 4) is 0 Å². The summed E-state index contributed by atoms with van der Waals surface area (Å²) in [6.45, 7) is 1.91. The molecule has 2 aliphatic carbocycles. The van der Waals surface area contributed by atoms with E-state index in [-0.39, 0.29) is 23.5 Å². The number of allylic oxidation sites excluding steroid dienone is 1. The molecule has 0 radical (unpaired) electrons. The quantitative estimate of drug-likeness (QED) is 0.924. The Hall–Kier alpha value is -1.90. The van der Waals surface area contributed by atoms with Crippen molar-refractivity contribution >= 4 is 11.7 Å². The van der Waals surface area contributed by atoms with Crippen molar-refractivity contribution in [3.63, 3.8) is 0 Å². The van der Waals surface area contributed by atoms with Crippen LogP contribution in [0, 0.1) is 5.92 Å². The summed E-state index contributed by atoms with van der Waals surface area (Å²) in [5, 5.41) is 3.24. The van der Waals surface area contributed by atoms with Crippen LogP contribution in [0.25, 0.3) is 0 Å². The lowest BCUT2D eigenvalue weighted by Gasteiger charge is -2.32. The van der Waals surface area contributed by atoms with Crippen molar-refractivity contribution in [1.29, 1.82) is 0 Å². The zero-order valence-electron chi connectivity index (χ0n) is 13.8. The Morgan fingerprint density at radius 1 is 1.09 bits per heavy atom. The first-order valence-electron chi connectivity index (χ1n) is 8.71. The number of rotatable bonds is 3. The van der Waals surface area contributed by atoms with Crippen LogP contribution < -0.4 is 5.32 Å². The highest BCUT2D eigenvalue weighted by atomic mass is 16.2. The minimum atomic E-state index is -0.225. The van der Waals surface area contributed by atoms with Gasteiger partial charge in [0.25, 0.3) is 0 Å². The van der Waals surface area contributed by atoms with E-state index in [1.54, 1.807) is 6.08 Å². The van der Waals surface area contributed by atoms with Gasteiger partial charge in [0.05, 0.1) is 5.92 Å². The first-order chi connectivity index (χ1) is 11.1. The predicted octanol–water partition coefficient (Wildman–Crippen LogP) is 3.75. The molecule has 0 heterocycles. The fourth-order valence-electron chi connectivity index (χ4n) is 3.99. The molecule has 3 rings (SSSR count). The number of amides is 1. The molecule has 2 aliphatic rings. The largest absolute Gasteiger partial charge is 0.353 e. The van der Waals surface area contributed by atoms with Crippen molar-refractivity contribution in [3.05, 3.63) is 47.5 Å². The van der Waals surface area contributed by atoms with Gasteiger partial charge in [0, 0.05) is 18.4 Å². The lowest BCUT2D eigenvalue weighted by Crippen LogP contribution is -2.43. The van der Waals surface area contributed by atoms with Crippen LogP contribution in [0.1, 0.15) is 56.9 Å². The van der Waals surface area contributed by atoms with Gasteiger partial charge in [-0.05, 0) is 31.4 Å². The number of nitrogens with one attached hydrogen (secondary N) is 1. The van der Waals surface area contributed by atoms with Gasteiger partial charge in [-0.15, -0.1) is 0 Å². The second-order valence-electron chi connectivity index (χ2n) is 6.90. The average molecular weight is 311 g/mol. The first kappa shape index (κ1) is 16.0. The number of ketones is 1. The van der Waals surface area contributed by atoms with Crippen molar-refractivity contribution in [2.75, 3.05) is 0 Å². The normalized spacial score (nSPS) is 25.8. The summed E-state index contributed by atoms with van der Waals surface area (Å²) in [6.07, 6.45) is 7.91. The van der Waals surface area contributed by atoms with E-state index in [0.717, 1.165) is 24.0 Å². The minimum Gasteiger partial charge on any atom is -0.353 e. The summed E-state index contributed by atoms with van der Waals surface area (Å²) in [6, 6.07) is 10.3. The van der Waals surface area contributed by atoms with Crippen molar-refractivity contribution < 1.29 is 9.59 Å². The highest BCUT2D eigenvalue weighted by molar-refractivity contribution is 5.96. The Balaban J connectivity index is 1.81. The summed E-state index contributed by atoms with van der Waals surface area (Å²) in [4.78, 5) is 24.9. The molecule has 0 spiro atoms. The van der Waals surface area contributed by atoms with Crippen molar-refractivity contribution in [1.82, 2.24) is 5.32 Å². The van der Waals surface area contributed by atoms with Crippen LogP contribution >= 0.6 is 0 Å². The summed E-state index contributed by atoms with van der Waals surface area (Å²) in [7, 11) is 0. The Morgan fingerprint density at radius 2 is 1.78 bits per heavy atom. The van der Waals surface area contributed by atoms with E-state index in [4.69, 9.17) is 0 Å². The van der Waals surface area contributed by atoms with Gasteiger partial charge < -0.3 is 5.32 Å². The average Bonchev–Trinajstić information content (AvgIpc) is 2.55. The number of hydrogen-bond acceptors (Lipinski definition) is 2. The van der Waals surface area contributed by atoms with Crippen LogP contribution in [-0.2, 0) is 9.59 Å². The smallest absolute Gasteiger partial charge is 0.228 e. The third-order valence-electron chi connectivity index (χ3n) is 5.16. The summed E-state index contributed by atoms with van der Waals surface area (Å²) < 4.78 is 0. The molecule has 0 aromatic heterocycles. The molecule has 122 valence electrons. The molecule has 1 amide bonds. The lowest BCUT2D eigenvalue weighted by molar-refractivity contribution is -0.126. The summed E-state index contributed by atoms with van der Waals surface area (Å²) in [5.41, 5.74) is 1.97. The number of benzene rings is 1. The van der Waals surface area contributed by atoms with Crippen molar-refractivity contribution in [2.24, 2.45) is 5.92 Å². The van der Waals surface area contributed by atoms with Crippen LogP contribution in [0.4, 0.5) is 0 Å². The van der Waals surface area contributed by atoms with E-state index in [2.05, 4.69) is 5.32 Å². The Morgan fingerprint density at radius 3 is 2.48 bits per heavy atom. The van der Waals surface area contributed by atoms with Crippen LogP contribution in [0.2, 0.25) is 0 Å². The SMILES string of the molecule is CC1=CC(=O)CC(c2ccccc2)C1C(=O)NC1CCCCC1. The molecule has 1 N–H and O–H groups in total. The molecule has 3 heteroatoms. The molecule has 1 fully saturated rings. The monoisotopic (exact) mass is 311 g/mol. The highest BCUT2D eigenvalue weighted by Gasteiger charge is 2.36. The van der Waals surface area contributed by atoms with Gasteiger partial charge in [-0.3, -0.25) is 9.59 Å². The maximum Gasteiger partial charge on any atom is 0.228 e. The second kappa shape index (κ2) is 7.12. The van der Waals surface area contributed by atoms with Crippen molar-refractivity contribution in [2.45, 2.75) is 57.4 Å². The number of hydrogen-bond donors (Lipinski definition) is 1. The van der Waals surface area contributed by atoms with Gasteiger partial charge in [-0.2, -0.15) is 0 Å². The fraction of sp³-hybridized carbons (Fsp3) is 0.500. The van der Waals surface area contributed by atoms with Crippen LogP contribution in [0.15, 0.2) is 42.0 Å².